The van der Waals surface area contributed by atoms with E-state index < -0.39 is 9.84 Å². The first-order chi connectivity index (χ1) is 7.95. The van der Waals surface area contributed by atoms with Crippen molar-refractivity contribution in [2.45, 2.75) is 49.6 Å². The maximum atomic E-state index is 12.2. The summed E-state index contributed by atoms with van der Waals surface area (Å²) in [6, 6.07) is 0. The molecule has 96 valence electrons. The fourth-order valence-corrected chi connectivity index (χ4v) is 4.81. The van der Waals surface area contributed by atoms with Crippen molar-refractivity contribution in [3.8, 4) is 0 Å². The van der Waals surface area contributed by atoms with Gasteiger partial charge in [-0.2, -0.15) is 0 Å². The number of sulfone groups is 1. The summed E-state index contributed by atoms with van der Waals surface area (Å²) in [5, 5.41) is 2.94. The van der Waals surface area contributed by atoms with Crippen LogP contribution in [0.25, 0.3) is 0 Å². The third-order valence-corrected chi connectivity index (χ3v) is 6.49. The minimum absolute atomic E-state index is 0.0270. The van der Waals surface area contributed by atoms with E-state index in [9.17, 15) is 13.2 Å². The summed E-state index contributed by atoms with van der Waals surface area (Å²) in [7, 11) is -2.96. The number of hydrogen-bond acceptors (Lipinski definition) is 4. The van der Waals surface area contributed by atoms with Gasteiger partial charge < -0.3 is 4.90 Å². The lowest BCUT2D eigenvalue weighted by Gasteiger charge is -2.23. The highest BCUT2D eigenvalue weighted by Gasteiger charge is 2.58. The van der Waals surface area contributed by atoms with Crippen LogP contribution >= 0.6 is 0 Å². The second-order valence-electron chi connectivity index (χ2n) is 5.49. The van der Waals surface area contributed by atoms with Crippen molar-refractivity contribution in [3.05, 3.63) is 0 Å². The first-order valence-corrected chi connectivity index (χ1v) is 7.96. The van der Waals surface area contributed by atoms with E-state index in [0.29, 0.717) is 13.0 Å². The van der Waals surface area contributed by atoms with Crippen LogP contribution in [-0.4, -0.2) is 48.5 Å². The highest BCUT2D eigenvalue weighted by molar-refractivity contribution is 7.92. The van der Waals surface area contributed by atoms with Crippen LogP contribution in [-0.2, 0) is 14.6 Å². The lowest BCUT2D eigenvalue weighted by Crippen LogP contribution is -2.41. The highest BCUT2D eigenvalue weighted by Crippen LogP contribution is 2.42. The van der Waals surface area contributed by atoms with Crippen LogP contribution in [0.3, 0.4) is 0 Å². The molecule has 0 aromatic carbocycles. The Labute approximate surface area is 101 Å². The third kappa shape index (κ3) is 1.69. The molecule has 2 aliphatic heterocycles. The molecule has 2 unspecified atom stereocenters. The Morgan fingerprint density at radius 1 is 1.47 bits per heavy atom. The van der Waals surface area contributed by atoms with Crippen molar-refractivity contribution in [2.24, 2.45) is 0 Å². The molecule has 2 atom stereocenters. The van der Waals surface area contributed by atoms with Crippen molar-refractivity contribution in [1.82, 2.24) is 10.2 Å². The monoisotopic (exact) mass is 258 g/mol. The molecule has 6 heteroatoms. The molecule has 1 aliphatic carbocycles. The molecule has 17 heavy (non-hydrogen) atoms. The highest BCUT2D eigenvalue weighted by atomic mass is 32.2. The predicted octanol–water partition coefficient (Wildman–Crippen LogP) is -0.126. The minimum Gasteiger partial charge on any atom is -0.325 e. The van der Waals surface area contributed by atoms with Gasteiger partial charge in [0.25, 0.3) is 0 Å². The van der Waals surface area contributed by atoms with Crippen molar-refractivity contribution >= 4 is 15.7 Å². The molecule has 2 heterocycles. The number of carbonyl (C=O) groups excluding carboxylic acids is 1. The molecular formula is C11H18N2O3S. The SMILES string of the molecule is CC1NC2(CC2)C(=O)N1CC1CCCS1(=O)=O. The number of rotatable bonds is 2. The summed E-state index contributed by atoms with van der Waals surface area (Å²) < 4.78 is 23.6. The molecule has 0 bridgehead atoms. The van der Waals surface area contributed by atoms with Crippen LogP contribution < -0.4 is 5.32 Å². The normalized spacial score (nSPS) is 37.9. The maximum absolute atomic E-state index is 12.2. The van der Waals surface area contributed by atoms with Gasteiger partial charge in [-0.1, -0.05) is 0 Å². The second kappa shape index (κ2) is 3.45. The molecule has 3 rings (SSSR count). The Bertz CT molecular complexity index is 455. The number of carbonyl (C=O) groups is 1. The Hall–Kier alpha value is -0.620. The van der Waals surface area contributed by atoms with Gasteiger partial charge in [-0.05, 0) is 32.6 Å². The zero-order valence-corrected chi connectivity index (χ0v) is 10.8. The zero-order chi connectivity index (χ0) is 12.3. The first kappa shape index (κ1) is 11.5. The molecule has 0 aromatic heterocycles. The molecule has 1 amide bonds. The van der Waals surface area contributed by atoms with Gasteiger partial charge in [-0.3, -0.25) is 10.1 Å². The largest absolute Gasteiger partial charge is 0.325 e. The quantitative estimate of drug-likeness (QED) is 0.749. The fourth-order valence-electron chi connectivity index (χ4n) is 3.00. The van der Waals surface area contributed by atoms with Crippen LogP contribution in [0, 0.1) is 0 Å². The molecule has 3 aliphatic rings. The van der Waals surface area contributed by atoms with Gasteiger partial charge in [0.2, 0.25) is 5.91 Å². The smallest absolute Gasteiger partial charge is 0.244 e. The topological polar surface area (TPSA) is 66.5 Å². The van der Waals surface area contributed by atoms with Crippen molar-refractivity contribution in [1.29, 1.82) is 0 Å². The van der Waals surface area contributed by atoms with Gasteiger partial charge in [0.05, 0.1) is 22.7 Å². The maximum Gasteiger partial charge on any atom is 0.244 e. The summed E-state index contributed by atoms with van der Waals surface area (Å²) in [6.45, 7) is 2.31. The van der Waals surface area contributed by atoms with E-state index in [1.54, 1.807) is 4.90 Å². The standard InChI is InChI=1S/C11H18N2O3S/c1-8-12-11(4-5-11)10(14)13(8)7-9-3-2-6-17(9,15)16/h8-9,12H,2-7H2,1H3. The van der Waals surface area contributed by atoms with Crippen molar-refractivity contribution in [2.75, 3.05) is 12.3 Å². The molecule has 0 radical (unpaired) electrons. The van der Waals surface area contributed by atoms with Gasteiger partial charge in [0.1, 0.15) is 0 Å². The summed E-state index contributed by atoms with van der Waals surface area (Å²) in [5.74, 6) is 0.388. The van der Waals surface area contributed by atoms with E-state index in [1.807, 2.05) is 6.92 Å². The van der Waals surface area contributed by atoms with E-state index in [4.69, 9.17) is 0 Å². The molecule has 1 N–H and O–H groups in total. The lowest BCUT2D eigenvalue weighted by atomic mass is 10.2. The van der Waals surface area contributed by atoms with Gasteiger partial charge in [0.15, 0.2) is 9.84 Å². The summed E-state index contributed by atoms with van der Waals surface area (Å²) in [5.41, 5.74) is -0.332. The third-order valence-electron chi connectivity index (χ3n) is 4.24. The zero-order valence-electron chi connectivity index (χ0n) is 9.98. The lowest BCUT2D eigenvalue weighted by molar-refractivity contribution is -0.130. The number of amides is 1. The number of nitrogens with one attached hydrogen (secondary N) is 1. The molecule has 0 aromatic rings. The Morgan fingerprint density at radius 3 is 2.65 bits per heavy atom. The minimum atomic E-state index is -2.96. The molecule has 3 fully saturated rings. The Balaban J connectivity index is 1.75. The van der Waals surface area contributed by atoms with Gasteiger partial charge in [-0.25, -0.2) is 8.42 Å². The van der Waals surface area contributed by atoms with Crippen molar-refractivity contribution < 1.29 is 13.2 Å². The van der Waals surface area contributed by atoms with E-state index >= 15 is 0 Å². The van der Waals surface area contributed by atoms with Gasteiger partial charge in [-0.15, -0.1) is 0 Å². The Morgan fingerprint density at radius 2 is 2.18 bits per heavy atom. The van der Waals surface area contributed by atoms with Gasteiger partial charge in [0, 0.05) is 6.54 Å². The molecular weight excluding hydrogens is 240 g/mol. The molecule has 2 saturated heterocycles. The predicted molar refractivity (Wildman–Crippen MR) is 63.1 cm³/mol. The Kier molecular flexibility index (Phi) is 2.32. The summed E-state index contributed by atoms with van der Waals surface area (Å²) in [6.07, 6.45) is 3.20. The van der Waals surface area contributed by atoms with Crippen LogP contribution in [0.4, 0.5) is 0 Å². The van der Waals surface area contributed by atoms with Crippen LogP contribution in [0.1, 0.15) is 32.6 Å². The van der Waals surface area contributed by atoms with Crippen LogP contribution in [0.15, 0.2) is 0 Å². The van der Waals surface area contributed by atoms with E-state index in [0.717, 1.165) is 19.3 Å². The fraction of sp³-hybridized carbons (Fsp3) is 0.909. The molecule has 1 spiro atoms. The van der Waals surface area contributed by atoms with E-state index in [2.05, 4.69) is 5.32 Å². The van der Waals surface area contributed by atoms with Crippen LogP contribution in [0.5, 0.6) is 0 Å². The second-order valence-corrected chi connectivity index (χ2v) is 7.89. The summed E-state index contributed by atoms with van der Waals surface area (Å²) in [4.78, 5) is 13.9. The molecule has 5 nitrogen and oxygen atoms in total. The number of hydrogen-bond donors (Lipinski definition) is 1. The van der Waals surface area contributed by atoms with Crippen molar-refractivity contribution in [3.63, 3.8) is 0 Å². The van der Waals surface area contributed by atoms with E-state index in [-0.39, 0.29) is 28.6 Å². The average molecular weight is 258 g/mol. The number of nitrogens with zero attached hydrogens (tertiary/aromatic N) is 1. The molecule has 1 saturated carbocycles. The van der Waals surface area contributed by atoms with E-state index in [1.165, 1.54) is 0 Å². The van der Waals surface area contributed by atoms with Gasteiger partial charge >= 0.3 is 0 Å². The first-order valence-electron chi connectivity index (χ1n) is 6.25. The summed E-state index contributed by atoms with van der Waals surface area (Å²) >= 11 is 0. The van der Waals surface area contributed by atoms with Crippen LogP contribution in [0.2, 0.25) is 0 Å². The average Bonchev–Trinajstić information content (AvgIpc) is 2.89.